The average Bonchev–Trinajstić information content (AvgIpc) is 3.29. The van der Waals surface area contributed by atoms with Crippen LogP contribution >= 0.6 is 23.1 Å². The molecule has 1 aliphatic carbocycles. The molecule has 1 fully saturated rings. The van der Waals surface area contributed by atoms with Crippen molar-refractivity contribution in [3.8, 4) is 0 Å². The van der Waals surface area contributed by atoms with Crippen molar-refractivity contribution in [3.63, 3.8) is 0 Å². The van der Waals surface area contributed by atoms with E-state index < -0.39 is 6.04 Å². The van der Waals surface area contributed by atoms with E-state index in [1.54, 1.807) is 17.3 Å². The number of amides is 1. The van der Waals surface area contributed by atoms with Gasteiger partial charge in [-0.1, -0.05) is 12.1 Å². The molecule has 0 unspecified atom stereocenters. The largest absolute Gasteiger partial charge is 0.334 e. The minimum absolute atomic E-state index is 0.0365. The zero-order valence-electron chi connectivity index (χ0n) is 13.1. The van der Waals surface area contributed by atoms with Gasteiger partial charge in [0.1, 0.15) is 0 Å². The number of aromatic nitrogens is 1. The third-order valence-electron chi connectivity index (χ3n) is 4.01. The van der Waals surface area contributed by atoms with Crippen molar-refractivity contribution in [1.29, 1.82) is 0 Å². The number of nitrogens with two attached hydrogens (primary N) is 1. The molecule has 0 bridgehead atoms. The number of carbonyl (C=O) groups is 1. The summed E-state index contributed by atoms with van der Waals surface area (Å²) in [4.78, 5) is 20.2. The number of thioether (sulfide) groups is 1. The van der Waals surface area contributed by atoms with E-state index in [9.17, 15) is 4.79 Å². The minimum atomic E-state index is -0.511. The molecule has 0 radical (unpaired) electrons. The molecule has 0 saturated heterocycles. The van der Waals surface area contributed by atoms with E-state index in [0.29, 0.717) is 19.0 Å². The maximum atomic E-state index is 12.8. The van der Waals surface area contributed by atoms with Gasteiger partial charge in [-0.15, -0.1) is 23.1 Å². The Labute approximate surface area is 145 Å². The highest BCUT2D eigenvalue weighted by Gasteiger charge is 2.34. The Hall–Kier alpha value is -1.37. The minimum Gasteiger partial charge on any atom is -0.334 e. The highest BCUT2D eigenvalue weighted by molar-refractivity contribution is 7.98. The first kappa shape index (κ1) is 16.5. The Morgan fingerprint density at radius 1 is 1.43 bits per heavy atom. The van der Waals surface area contributed by atoms with Crippen molar-refractivity contribution >= 4 is 29.0 Å². The number of hydrogen-bond acceptors (Lipinski definition) is 5. The summed E-state index contributed by atoms with van der Waals surface area (Å²) in [6, 6.07) is 8.24. The molecule has 2 aromatic rings. The predicted octanol–water partition coefficient (Wildman–Crippen LogP) is 2.93. The van der Waals surface area contributed by atoms with E-state index in [0.717, 1.165) is 24.1 Å². The first-order chi connectivity index (χ1) is 11.2. The van der Waals surface area contributed by atoms with Crippen LogP contribution < -0.4 is 5.73 Å². The summed E-state index contributed by atoms with van der Waals surface area (Å²) < 4.78 is 0. The van der Waals surface area contributed by atoms with Gasteiger partial charge in [-0.05, 0) is 36.8 Å². The summed E-state index contributed by atoms with van der Waals surface area (Å²) in [5.41, 5.74) is 9.98. The van der Waals surface area contributed by atoms with Gasteiger partial charge in [0.05, 0.1) is 17.2 Å². The lowest BCUT2D eigenvalue weighted by Crippen LogP contribution is -2.45. The molecule has 0 aliphatic heterocycles. The second kappa shape index (κ2) is 7.47. The second-order valence-electron chi connectivity index (χ2n) is 5.84. The molecule has 1 aromatic carbocycles. The van der Waals surface area contributed by atoms with Crippen LogP contribution in [-0.2, 0) is 17.8 Å². The predicted molar refractivity (Wildman–Crippen MR) is 95.6 cm³/mol. The molecular weight excluding hydrogens is 326 g/mol. The van der Waals surface area contributed by atoms with Crippen LogP contribution in [0.1, 0.15) is 24.1 Å². The van der Waals surface area contributed by atoms with Crippen LogP contribution in [-0.4, -0.2) is 34.1 Å². The molecule has 2 N–H and O–H groups in total. The summed E-state index contributed by atoms with van der Waals surface area (Å²) in [7, 11) is 0. The van der Waals surface area contributed by atoms with Gasteiger partial charge in [-0.3, -0.25) is 4.79 Å². The van der Waals surface area contributed by atoms with Crippen LogP contribution in [0, 0.1) is 0 Å². The van der Waals surface area contributed by atoms with Crippen LogP contribution in [0.5, 0.6) is 0 Å². The number of thiazole rings is 1. The molecule has 1 saturated carbocycles. The first-order valence-corrected chi connectivity index (χ1v) is 9.90. The molecule has 1 amide bonds. The fourth-order valence-corrected chi connectivity index (χ4v) is 3.54. The van der Waals surface area contributed by atoms with Crippen molar-refractivity contribution in [2.75, 3.05) is 6.26 Å². The maximum absolute atomic E-state index is 12.8. The number of benzene rings is 1. The fourth-order valence-electron chi connectivity index (χ4n) is 2.56. The van der Waals surface area contributed by atoms with Crippen LogP contribution in [0.4, 0.5) is 0 Å². The average molecular weight is 348 g/mol. The van der Waals surface area contributed by atoms with E-state index >= 15 is 0 Å². The molecule has 3 rings (SSSR count). The van der Waals surface area contributed by atoms with Gasteiger partial charge in [0, 0.05) is 29.3 Å². The van der Waals surface area contributed by atoms with E-state index in [1.165, 1.54) is 16.2 Å². The lowest BCUT2D eigenvalue weighted by atomic mass is 10.1. The summed E-state index contributed by atoms with van der Waals surface area (Å²) in [5, 5.41) is 1.95. The van der Waals surface area contributed by atoms with E-state index in [-0.39, 0.29) is 5.91 Å². The molecule has 1 atom stereocenters. The summed E-state index contributed by atoms with van der Waals surface area (Å²) in [6.45, 7) is 0.642. The van der Waals surface area contributed by atoms with Crippen LogP contribution in [0.15, 0.2) is 40.1 Å². The highest BCUT2D eigenvalue weighted by Crippen LogP contribution is 2.29. The number of nitrogens with zero attached hydrogens (tertiary/aromatic N) is 2. The Morgan fingerprint density at radius 3 is 2.74 bits per heavy atom. The van der Waals surface area contributed by atoms with Gasteiger partial charge in [0.15, 0.2) is 0 Å². The van der Waals surface area contributed by atoms with E-state index in [1.807, 2.05) is 10.3 Å². The topological polar surface area (TPSA) is 59.2 Å². The lowest BCUT2D eigenvalue weighted by molar-refractivity contribution is -0.133. The second-order valence-corrected chi connectivity index (χ2v) is 7.43. The van der Waals surface area contributed by atoms with Crippen LogP contribution in [0.3, 0.4) is 0 Å². The Morgan fingerprint density at radius 2 is 2.17 bits per heavy atom. The number of hydrogen-bond donors (Lipinski definition) is 1. The van der Waals surface area contributed by atoms with Gasteiger partial charge >= 0.3 is 0 Å². The third kappa shape index (κ3) is 4.34. The molecule has 0 spiro atoms. The molecular formula is C17H21N3OS2. The fraction of sp³-hybridized carbons (Fsp3) is 0.412. The molecule has 1 aromatic heterocycles. The van der Waals surface area contributed by atoms with Crippen molar-refractivity contribution < 1.29 is 4.79 Å². The van der Waals surface area contributed by atoms with Crippen molar-refractivity contribution in [3.05, 3.63) is 46.4 Å². The normalized spacial score (nSPS) is 15.4. The van der Waals surface area contributed by atoms with Gasteiger partial charge in [0.25, 0.3) is 0 Å². The zero-order valence-corrected chi connectivity index (χ0v) is 14.8. The Bertz CT molecular complexity index is 638. The van der Waals surface area contributed by atoms with Gasteiger partial charge in [0.2, 0.25) is 5.91 Å². The summed E-state index contributed by atoms with van der Waals surface area (Å²) in [5.74, 6) is 0.0365. The highest BCUT2D eigenvalue weighted by atomic mass is 32.2. The number of carbonyl (C=O) groups excluding carboxylic acids is 1. The molecule has 23 heavy (non-hydrogen) atoms. The van der Waals surface area contributed by atoms with E-state index in [4.69, 9.17) is 5.73 Å². The zero-order chi connectivity index (χ0) is 16.2. The molecule has 1 heterocycles. The maximum Gasteiger partial charge on any atom is 0.240 e. The molecule has 122 valence electrons. The van der Waals surface area contributed by atoms with Gasteiger partial charge in [-0.2, -0.15) is 0 Å². The monoisotopic (exact) mass is 347 g/mol. The Kier molecular flexibility index (Phi) is 5.35. The van der Waals surface area contributed by atoms with Gasteiger partial charge < -0.3 is 10.6 Å². The van der Waals surface area contributed by atoms with Gasteiger partial charge in [-0.25, -0.2) is 4.98 Å². The smallest absolute Gasteiger partial charge is 0.240 e. The Balaban J connectivity index is 1.66. The summed E-state index contributed by atoms with van der Waals surface area (Å²) >= 11 is 3.25. The van der Waals surface area contributed by atoms with Crippen molar-refractivity contribution in [1.82, 2.24) is 9.88 Å². The standard InChI is InChI=1S/C17H21N3OS2/c1-22-15-6-2-12(3-7-15)9-20(14-4-5-14)17(21)16(18)8-13-10-23-11-19-13/h2-3,6-7,10-11,14,16H,4-5,8-9,18H2,1H3/t16-/m0/s1. The molecule has 4 nitrogen and oxygen atoms in total. The van der Waals surface area contributed by atoms with Crippen molar-refractivity contribution in [2.45, 2.75) is 42.8 Å². The first-order valence-electron chi connectivity index (χ1n) is 7.73. The lowest BCUT2D eigenvalue weighted by Gasteiger charge is -2.25. The quantitative estimate of drug-likeness (QED) is 0.783. The third-order valence-corrected chi connectivity index (χ3v) is 5.39. The molecule has 6 heteroatoms. The van der Waals surface area contributed by atoms with Crippen molar-refractivity contribution in [2.24, 2.45) is 5.73 Å². The van der Waals surface area contributed by atoms with E-state index in [2.05, 4.69) is 35.5 Å². The van der Waals surface area contributed by atoms with Crippen LogP contribution in [0.25, 0.3) is 0 Å². The molecule has 1 aliphatic rings. The van der Waals surface area contributed by atoms with Crippen LogP contribution in [0.2, 0.25) is 0 Å². The SMILES string of the molecule is CSc1ccc(CN(C(=O)[C@@H](N)Cc2cscn2)C2CC2)cc1. The number of rotatable bonds is 7. The summed E-state index contributed by atoms with van der Waals surface area (Å²) in [6.07, 6.45) is 4.74.